The van der Waals surface area contributed by atoms with Crippen molar-refractivity contribution in [1.29, 1.82) is 0 Å². The highest BCUT2D eigenvalue weighted by Crippen LogP contribution is 2.29. The van der Waals surface area contributed by atoms with Crippen molar-refractivity contribution >= 4 is 26.3 Å². The average Bonchev–Trinajstić information content (AvgIpc) is 3.07. The van der Waals surface area contributed by atoms with Gasteiger partial charge < -0.3 is 4.90 Å². The summed E-state index contributed by atoms with van der Waals surface area (Å²) in [5, 5.41) is 9.06. The zero-order valence-corrected chi connectivity index (χ0v) is 13.5. The third kappa shape index (κ3) is 3.08. The van der Waals surface area contributed by atoms with Crippen LogP contribution in [-0.2, 0) is 9.84 Å². The second-order valence-corrected chi connectivity index (χ2v) is 8.19. The molecule has 0 bridgehead atoms. The largest absolute Gasteiger partial charge is 0.348 e. The molecule has 1 aliphatic heterocycles. The van der Waals surface area contributed by atoms with Crippen LogP contribution in [0.4, 0.5) is 5.13 Å². The molecule has 3 heterocycles. The Morgan fingerprint density at radius 2 is 2.05 bits per heavy atom. The van der Waals surface area contributed by atoms with Crippen molar-refractivity contribution in [2.75, 3.05) is 24.2 Å². The molecule has 0 atom stereocenters. The van der Waals surface area contributed by atoms with Crippen LogP contribution in [0.5, 0.6) is 0 Å². The summed E-state index contributed by atoms with van der Waals surface area (Å²) in [5.74, 6) is 1.09. The maximum atomic E-state index is 11.4. The highest BCUT2D eigenvalue weighted by atomic mass is 32.2. The molecule has 9 heteroatoms. The third-order valence-electron chi connectivity index (χ3n) is 3.59. The number of aromatic nitrogens is 4. The SMILES string of the molecule is CC1CCN(c2nc(-c3n[nH]c(S(C)(=O)=O)n3)cs2)CC1. The molecule has 2 aromatic rings. The lowest BCUT2D eigenvalue weighted by atomic mass is 10.00. The molecule has 114 valence electrons. The molecule has 0 aliphatic carbocycles. The van der Waals surface area contributed by atoms with Crippen molar-refractivity contribution in [2.45, 2.75) is 24.9 Å². The first kappa shape index (κ1) is 14.5. The lowest BCUT2D eigenvalue weighted by molar-refractivity contribution is 0.438. The topological polar surface area (TPSA) is 91.8 Å². The summed E-state index contributed by atoms with van der Waals surface area (Å²) in [7, 11) is -3.37. The van der Waals surface area contributed by atoms with E-state index in [9.17, 15) is 8.42 Å². The van der Waals surface area contributed by atoms with Crippen LogP contribution in [0.15, 0.2) is 10.5 Å². The number of sulfone groups is 1. The lowest BCUT2D eigenvalue weighted by Gasteiger charge is -2.29. The Morgan fingerprint density at radius 1 is 1.33 bits per heavy atom. The van der Waals surface area contributed by atoms with Crippen molar-refractivity contribution in [3.05, 3.63) is 5.38 Å². The van der Waals surface area contributed by atoms with E-state index in [-0.39, 0.29) is 5.16 Å². The van der Waals surface area contributed by atoms with Gasteiger partial charge in [-0.25, -0.2) is 18.5 Å². The second kappa shape index (κ2) is 5.38. The van der Waals surface area contributed by atoms with Crippen molar-refractivity contribution in [3.63, 3.8) is 0 Å². The van der Waals surface area contributed by atoms with Crippen LogP contribution in [0, 0.1) is 5.92 Å². The van der Waals surface area contributed by atoms with Gasteiger partial charge >= 0.3 is 0 Å². The molecule has 0 aromatic carbocycles. The van der Waals surface area contributed by atoms with Crippen LogP contribution in [0.1, 0.15) is 19.8 Å². The molecule has 7 nitrogen and oxygen atoms in total. The zero-order chi connectivity index (χ0) is 15.0. The van der Waals surface area contributed by atoms with E-state index in [0.29, 0.717) is 11.5 Å². The number of piperidine rings is 1. The number of aromatic amines is 1. The summed E-state index contributed by atoms with van der Waals surface area (Å²) >= 11 is 1.54. The molecule has 3 rings (SSSR count). The Labute approximate surface area is 127 Å². The normalized spacial score (nSPS) is 17.3. The van der Waals surface area contributed by atoms with Gasteiger partial charge in [0.25, 0.3) is 0 Å². The molecule has 0 spiro atoms. The molecule has 0 radical (unpaired) electrons. The summed E-state index contributed by atoms with van der Waals surface area (Å²) in [5.41, 5.74) is 0.611. The maximum Gasteiger partial charge on any atom is 0.243 e. The number of hydrogen-bond donors (Lipinski definition) is 1. The van der Waals surface area contributed by atoms with Gasteiger partial charge in [0, 0.05) is 24.7 Å². The third-order valence-corrected chi connectivity index (χ3v) is 5.38. The van der Waals surface area contributed by atoms with E-state index in [1.165, 1.54) is 12.8 Å². The van der Waals surface area contributed by atoms with Gasteiger partial charge in [-0.15, -0.1) is 11.3 Å². The number of hydrogen-bond acceptors (Lipinski definition) is 7. The molecule has 0 saturated carbocycles. The Morgan fingerprint density at radius 3 is 2.67 bits per heavy atom. The molecule has 1 fully saturated rings. The fourth-order valence-electron chi connectivity index (χ4n) is 2.24. The van der Waals surface area contributed by atoms with E-state index in [1.807, 2.05) is 5.38 Å². The van der Waals surface area contributed by atoms with E-state index in [0.717, 1.165) is 30.4 Å². The van der Waals surface area contributed by atoms with E-state index >= 15 is 0 Å². The van der Waals surface area contributed by atoms with Crippen LogP contribution in [0.25, 0.3) is 11.5 Å². The summed E-state index contributed by atoms with van der Waals surface area (Å²) < 4.78 is 22.8. The number of nitrogens with one attached hydrogen (secondary N) is 1. The molecular weight excluding hydrogens is 310 g/mol. The average molecular weight is 327 g/mol. The fourth-order valence-corrected chi connectivity index (χ4v) is 3.56. The number of rotatable bonds is 3. The minimum Gasteiger partial charge on any atom is -0.348 e. The van der Waals surface area contributed by atoms with Crippen LogP contribution >= 0.6 is 11.3 Å². The van der Waals surface area contributed by atoms with Crippen molar-refractivity contribution in [2.24, 2.45) is 5.92 Å². The lowest BCUT2D eigenvalue weighted by Crippen LogP contribution is -2.32. The van der Waals surface area contributed by atoms with Gasteiger partial charge in [0.15, 0.2) is 5.13 Å². The number of nitrogens with zero attached hydrogens (tertiary/aromatic N) is 4. The number of H-pyrrole nitrogens is 1. The fraction of sp³-hybridized carbons (Fsp3) is 0.583. The van der Waals surface area contributed by atoms with Crippen molar-refractivity contribution in [1.82, 2.24) is 20.2 Å². The van der Waals surface area contributed by atoms with Gasteiger partial charge in [-0.1, -0.05) is 6.92 Å². The predicted octanol–water partition coefficient (Wildman–Crippen LogP) is 1.57. The molecule has 0 amide bonds. The predicted molar refractivity (Wildman–Crippen MR) is 81.2 cm³/mol. The highest BCUT2D eigenvalue weighted by molar-refractivity contribution is 7.90. The zero-order valence-electron chi connectivity index (χ0n) is 11.9. The summed E-state index contributed by atoms with van der Waals surface area (Å²) in [4.78, 5) is 10.8. The van der Waals surface area contributed by atoms with Crippen LogP contribution in [0.2, 0.25) is 0 Å². The Kier molecular flexibility index (Phi) is 3.70. The Bertz CT molecular complexity index is 728. The summed E-state index contributed by atoms with van der Waals surface area (Å²) in [6.45, 7) is 4.29. The maximum absolute atomic E-state index is 11.4. The van der Waals surface area contributed by atoms with Gasteiger partial charge in [-0.05, 0) is 18.8 Å². The first-order chi connectivity index (χ1) is 9.93. The van der Waals surface area contributed by atoms with Crippen molar-refractivity contribution < 1.29 is 8.42 Å². The highest BCUT2D eigenvalue weighted by Gasteiger charge is 2.20. The number of anilines is 1. The van der Waals surface area contributed by atoms with E-state index in [1.54, 1.807) is 11.3 Å². The molecule has 2 aromatic heterocycles. The quantitative estimate of drug-likeness (QED) is 0.920. The van der Waals surface area contributed by atoms with E-state index in [2.05, 4.69) is 32.0 Å². The Hall–Kier alpha value is -1.48. The second-order valence-electron chi connectivity index (χ2n) is 5.42. The van der Waals surface area contributed by atoms with Crippen LogP contribution in [0.3, 0.4) is 0 Å². The van der Waals surface area contributed by atoms with Gasteiger partial charge in [0.05, 0.1) is 0 Å². The van der Waals surface area contributed by atoms with Gasteiger partial charge in [-0.2, -0.15) is 10.1 Å². The summed E-state index contributed by atoms with van der Waals surface area (Å²) in [6, 6.07) is 0. The van der Waals surface area contributed by atoms with Crippen molar-refractivity contribution in [3.8, 4) is 11.5 Å². The first-order valence-corrected chi connectivity index (χ1v) is 9.54. The molecule has 1 N–H and O–H groups in total. The van der Waals surface area contributed by atoms with Crippen LogP contribution in [-0.4, -0.2) is 47.9 Å². The van der Waals surface area contributed by atoms with E-state index in [4.69, 9.17) is 0 Å². The van der Waals surface area contributed by atoms with Gasteiger partial charge in [0.2, 0.25) is 20.8 Å². The number of thiazole rings is 1. The molecule has 1 aliphatic rings. The first-order valence-electron chi connectivity index (χ1n) is 6.77. The standard InChI is InChI=1S/C12H17N5O2S2/c1-8-3-5-17(6-4-8)12-13-9(7-20-12)10-14-11(16-15-10)21(2,18)19/h7-8H,3-6H2,1-2H3,(H,14,15,16). The van der Waals surface area contributed by atoms with Gasteiger partial charge in [-0.3, -0.25) is 0 Å². The monoisotopic (exact) mass is 327 g/mol. The minimum absolute atomic E-state index is 0.126. The molecular formula is C12H17N5O2S2. The molecule has 21 heavy (non-hydrogen) atoms. The minimum atomic E-state index is -3.37. The molecule has 1 saturated heterocycles. The molecule has 0 unspecified atom stereocenters. The summed E-state index contributed by atoms with van der Waals surface area (Å²) in [6.07, 6.45) is 3.44. The van der Waals surface area contributed by atoms with E-state index < -0.39 is 9.84 Å². The Balaban J connectivity index is 1.80. The van der Waals surface area contributed by atoms with Crippen LogP contribution < -0.4 is 4.90 Å². The smallest absolute Gasteiger partial charge is 0.243 e. The van der Waals surface area contributed by atoms with Gasteiger partial charge in [0.1, 0.15) is 5.69 Å².